The summed E-state index contributed by atoms with van der Waals surface area (Å²) in [5.41, 5.74) is 0.673. The molecule has 0 saturated heterocycles. The van der Waals surface area contributed by atoms with Gasteiger partial charge in [-0.25, -0.2) is 9.97 Å². The second kappa shape index (κ2) is 6.24. The second-order valence-electron chi connectivity index (χ2n) is 4.25. The zero-order valence-corrected chi connectivity index (χ0v) is 13.0. The summed E-state index contributed by atoms with van der Waals surface area (Å²) >= 11 is 3.18. The van der Waals surface area contributed by atoms with E-state index in [0.29, 0.717) is 11.4 Å². The van der Waals surface area contributed by atoms with Gasteiger partial charge >= 0.3 is 0 Å². The number of thiophene rings is 1. The van der Waals surface area contributed by atoms with Crippen molar-refractivity contribution in [3.8, 4) is 0 Å². The number of carbonyl (C=O) groups is 1. The summed E-state index contributed by atoms with van der Waals surface area (Å²) in [6.45, 7) is 2.07. The quantitative estimate of drug-likeness (QED) is 0.738. The SMILES string of the molecule is CCSc1ccccc1C(=O)Nc1ncnc2sccc12. The molecule has 6 heteroatoms. The van der Waals surface area contributed by atoms with Gasteiger partial charge in [0.2, 0.25) is 0 Å². The number of nitrogens with one attached hydrogen (secondary N) is 1. The number of hydrogen-bond acceptors (Lipinski definition) is 5. The van der Waals surface area contributed by atoms with Crippen LogP contribution >= 0.6 is 23.1 Å². The van der Waals surface area contributed by atoms with Crippen molar-refractivity contribution in [3.05, 3.63) is 47.6 Å². The maximum Gasteiger partial charge on any atom is 0.257 e. The van der Waals surface area contributed by atoms with Gasteiger partial charge in [0.05, 0.1) is 10.9 Å². The standard InChI is InChI=1S/C15H13N3OS2/c1-2-20-12-6-4-3-5-10(12)14(19)18-13-11-7-8-21-15(11)17-9-16-13/h3-9H,2H2,1H3,(H,16,17,18,19). The molecule has 0 aliphatic carbocycles. The Kier molecular flexibility index (Phi) is 4.17. The van der Waals surface area contributed by atoms with Gasteiger partial charge in [-0.05, 0) is 29.3 Å². The molecule has 1 amide bonds. The molecular formula is C15H13N3OS2. The van der Waals surface area contributed by atoms with Gasteiger partial charge in [-0.1, -0.05) is 19.1 Å². The van der Waals surface area contributed by atoms with Gasteiger partial charge in [-0.3, -0.25) is 4.79 Å². The van der Waals surface area contributed by atoms with Crippen molar-refractivity contribution in [2.24, 2.45) is 0 Å². The monoisotopic (exact) mass is 315 g/mol. The summed E-state index contributed by atoms with van der Waals surface area (Å²) in [4.78, 5) is 22.7. The molecule has 106 valence electrons. The van der Waals surface area contributed by atoms with Crippen LogP contribution < -0.4 is 5.32 Å². The van der Waals surface area contributed by atoms with E-state index in [1.165, 1.54) is 17.7 Å². The lowest BCUT2D eigenvalue weighted by Crippen LogP contribution is -2.14. The lowest BCUT2D eigenvalue weighted by molar-refractivity contribution is 0.102. The highest BCUT2D eigenvalue weighted by Gasteiger charge is 2.13. The van der Waals surface area contributed by atoms with Gasteiger partial charge in [0.25, 0.3) is 5.91 Å². The van der Waals surface area contributed by atoms with E-state index < -0.39 is 0 Å². The third-order valence-electron chi connectivity index (χ3n) is 2.93. The van der Waals surface area contributed by atoms with Gasteiger partial charge < -0.3 is 5.32 Å². The fourth-order valence-corrected chi connectivity index (χ4v) is 3.53. The van der Waals surface area contributed by atoms with Crippen molar-refractivity contribution < 1.29 is 4.79 Å². The number of benzene rings is 1. The molecule has 0 radical (unpaired) electrons. The van der Waals surface area contributed by atoms with Crippen LogP contribution in [0, 0.1) is 0 Å². The summed E-state index contributed by atoms with van der Waals surface area (Å²) < 4.78 is 0. The van der Waals surface area contributed by atoms with Crippen LogP contribution in [-0.4, -0.2) is 21.6 Å². The Morgan fingerprint density at radius 1 is 1.29 bits per heavy atom. The number of thioether (sulfide) groups is 1. The molecule has 3 rings (SSSR count). The molecule has 0 spiro atoms. The van der Waals surface area contributed by atoms with Crippen molar-refractivity contribution in [3.63, 3.8) is 0 Å². The molecule has 0 atom stereocenters. The van der Waals surface area contributed by atoms with Crippen molar-refractivity contribution in [1.29, 1.82) is 0 Å². The average Bonchev–Trinajstić information content (AvgIpc) is 2.98. The molecule has 2 heterocycles. The fourth-order valence-electron chi connectivity index (χ4n) is 2.00. The Bertz CT molecular complexity index is 785. The summed E-state index contributed by atoms with van der Waals surface area (Å²) in [5.74, 6) is 1.34. The van der Waals surface area contributed by atoms with Crippen LogP contribution in [0.15, 0.2) is 46.9 Å². The zero-order valence-electron chi connectivity index (χ0n) is 11.4. The molecule has 21 heavy (non-hydrogen) atoms. The number of anilines is 1. The number of amides is 1. The summed E-state index contributed by atoms with van der Waals surface area (Å²) in [6, 6.07) is 9.52. The first-order valence-electron chi connectivity index (χ1n) is 6.51. The van der Waals surface area contributed by atoms with Gasteiger partial charge in [0, 0.05) is 4.90 Å². The van der Waals surface area contributed by atoms with E-state index in [2.05, 4.69) is 22.2 Å². The fraction of sp³-hybridized carbons (Fsp3) is 0.133. The van der Waals surface area contributed by atoms with Crippen molar-refractivity contribution in [2.45, 2.75) is 11.8 Å². The van der Waals surface area contributed by atoms with E-state index in [9.17, 15) is 4.79 Å². The number of rotatable bonds is 4. The summed E-state index contributed by atoms with van der Waals surface area (Å²) in [7, 11) is 0. The first-order valence-corrected chi connectivity index (χ1v) is 8.37. The molecule has 0 unspecified atom stereocenters. The van der Waals surface area contributed by atoms with Gasteiger partial charge in [-0.2, -0.15) is 0 Å². The Morgan fingerprint density at radius 3 is 3.00 bits per heavy atom. The third kappa shape index (κ3) is 2.91. The zero-order chi connectivity index (χ0) is 14.7. The first-order chi connectivity index (χ1) is 10.3. The maximum absolute atomic E-state index is 12.5. The van der Waals surface area contributed by atoms with Crippen LogP contribution in [0.4, 0.5) is 5.82 Å². The number of aromatic nitrogens is 2. The number of nitrogens with zero attached hydrogens (tertiary/aromatic N) is 2. The minimum Gasteiger partial charge on any atom is -0.306 e. The Morgan fingerprint density at radius 2 is 2.14 bits per heavy atom. The Balaban J connectivity index is 1.92. The number of hydrogen-bond donors (Lipinski definition) is 1. The van der Waals surface area contributed by atoms with Crippen LogP contribution in [0.2, 0.25) is 0 Å². The van der Waals surface area contributed by atoms with Crippen LogP contribution in [-0.2, 0) is 0 Å². The highest BCUT2D eigenvalue weighted by Crippen LogP contribution is 2.26. The number of fused-ring (bicyclic) bond motifs is 1. The molecule has 1 N–H and O–H groups in total. The van der Waals surface area contributed by atoms with Crippen LogP contribution in [0.5, 0.6) is 0 Å². The highest BCUT2D eigenvalue weighted by molar-refractivity contribution is 7.99. The topological polar surface area (TPSA) is 54.9 Å². The largest absolute Gasteiger partial charge is 0.306 e. The molecule has 0 bridgehead atoms. The average molecular weight is 315 g/mol. The Labute approximate surface area is 130 Å². The molecule has 4 nitrogen and oxygen atoms in total. The van der Waals surface area contributed by atoms with E-state index in [1.807, 2.05) is 35.7 Å². The van der Waals surface area contributed by atoms with Crippen molar-refractivity contribution in [1.82, 2.24) is 9.97 Å². The normalized spacial score (nSPS) is 10.7. The second-order valence-corrected chi connectivity index (χ2v) is 6.45. The molecule has 2 aromatic heterocycles. The molecule has 1 aromatic carbocycles. The van der Waals surface area contributed by atoms with Crippen molar-refractivity contribution >= 4 is 45.0 Å². The van der Waals surface area contributed by atoms with Gasteiger partial charge in [0.1, 0.15) is 17.0 Å². The van der Waals surface area contributed by atoms with Crippen LogP contribution in [0.1, 0.15) is 17.3 Å². The highest BCUT2D eigenvalue weighted by atomic mass is 32.2. The number of carbonyl (C=O) groups excluding carboxylic acids is 1. The predicted molar refractivity (Wildman–Crippen MR) is 88.2 cm³/mol. The summed E-state index contributed by atoms with van der Waals surface area (Å²) in [5, 5.41) is 5.70. The Hall–Kier alpha value is -1.92. The molecule has 0 saturated carbocycles. The molecule has 0 aliphatic heterocycles. The minimum atomic E-state index is -0.141. The predicted octanol–water partition coefficient (Wildman–Crippen LogP) is 4.06. The van der Waals surface area contributed by atoms with E-state index >= 15 is 0 Å². The minimum absolute atomic E-state index is 0.141. The van der Waals surface area contributed by atoms with Gasteiger partial charge in [-0.15, -0.1) is 23.1 Å². The van der Waals surface area contributed by atoms with Crippen LogP contribution in [0.25, 0.3) is 10.2 Å². The van der Waals surface area contributed by atoms with Crippen LogP contribution in [0.3, 0.4) is 0 Å². The van der Waals surface area contributed by atoms with E-state index in [1.54, 1.807) is 11.8 Å². The van der Waals surface area contributed by atoms with E-state index in [0.717, 1.165) is 20.9 Å². The van der Waals surface area contributed by atoms with Gasteiger partial charge in [0.15, 0.2) is 0 Å². The smallest absolute Gasteiger partial charge is 0.257 e. The molecule has 0 aliphatic rings. The lowest BCUT2D eigenvalue weighted by Gasteiger charge is -2.09. The third-order valence-corrected chi connectivity index (χ3v) is 4.70. The molecule has 3 aromatic rings. The molecular weight excluding hydrogens is 302 g/mol. The first kappa shape index (κ1) is 14.0. The maximum atomic E-state index is 12.5. The summed E-state index contributed by atoms with van der Waals surface area (Å²) in [6.07, 6.45) is 1.47. The van der Waals surface area contributed by atoms with E-state index in [-0.39, 0.29) is 5.91 Å². The molecule has 0 fully saturated rings. The van der Waals surface area contributed by atoms with E-state index in [4.69, 9.17) is 0 Å². The lowest BCUT2D eigenvalue weighted by atomic mass is 10.2. The van der Waals surface area contributed by atoms with Crippen molar-refractivity contribution in [2.75, 3.05) is 11.1 Å².